The Kier molecular flexibility index (Phi) is 4.55. The lowest BCUT2D eigenvalue weighted by Gasteiger charge is -2.16. The molecule has 0 radical (unpaired) electrons. The molecular weight excluding hydrogens is 321 g/mol. The van der Waals surface area contributed by atoms with Crippen molar-refractivity contribution >= 4 is 21.8 Å². The minimum atomic E-state index is -0.443. The van der Waals surface area contributed by atoms with Gasteiger partial charge in [-0.3, -0.25) is 4.79 Å². The van der Waals surface area contributed by atoms with Gasteiger partial charge in [0.25, 0.3) is 5.91 Å². The number of benzene rings is 2. The van der Waals surface area contributed by atoms with Crippen LogP contribution in [-0.2, 0) is 0 Å². The Labute approximate surface area is 126 Å². The van der Waals surface area contributed by atoms with Crippen molar-refractivity contribution in [2.45, 2.75) is 19.9 Å². The second-order valence-electron chi connectivity index (χ2n) is 4.68. The van der Waals surface area contributed by atoms with E-state index >= 15 is 0 Å². The van der Waals surface area contributed by atoms with Crippen molar-refractivity contribution in [3.05, 3.63) is 69.4 Å². The fraction of sp³-hybridized carbons (Fsp3) is 0.188. The Bertz CT molecular complexity index is 642. The number of carbonyl (C=O) groups excluding carboxylic acids is 1. The van der Waals surface area contributed by atoms with Crippen molar-refractivity contribution in [2.75, 3.05) is 0 Å². The van der Waals surface area contributed by atoms with E-state index in [1.807, 2.05) is 38.1 Å². The van der Waals surface area contributed by atoms with Gasteiger partial charge in [-0.1, -0.05) is 24.3 Å². The van der Waals surface area contributed by atoms with Crippen molar-refractivity contribution in [3.8, 4) is 0 Å². The first-order chi connectivity index (χ1) is 9.49. The average molecular weight is 336 g/mol. The second kappa shape index (κ2) is 6.18. The Morgan fingerprint density at radius 1 is 1.25 bits per heavy atom. The highest BCUT2D eigenvalue weighted by Crippen LogP contribution is 2.19. The second-order valence-corrected chi connectivity index (χ2v) is 5.53. The molecule has 0 bridgehead atoms. The molecule has 2 nitrogen and oxygen atoms in total. The fourth-order valence-electron chi connectivity index (χ4n) is 2.07. The van der Waals surface area contributed by atoms with Gasteiger partial charge in [0, 0.05) is 5.56 Å². The van der Waals surface area contributed by atoms with Gasteiger partial charge in [-0.2, -0.15) is 0 Å². The first kappa shape index (κ1) is 14.7. The molecule has 0 saturated carbocycles. The summed E-state index contributed by atoms with van der Waals surface area (Å²) in [5.74, 6) is -0.728. The molecule has 2 aromatic rings. The molecule has 1 atom stereocenters. The SMILES string of the molecule is Cc1ccccc1C(C)NC(=O)c1ccc(Br)c(F)c1. The Balaban J connectivity index is 2.15. The van der Waals surface area contributed by atoms with E-state index in [2.05, 4.69) is 21.2 Å². The predicted octanol–water partition coefficient (Wildman–Crippen LogP) is 4.39. The smallest absolute Gasteiger partial charge is 0.251 e. The average Bonchev–Trinajstić information content (AvgIpc) is 2.42. The summed E-state index contributed by atoms with van der Waals surface area (Å²) >= 11 is 3.07. The Morgan fingerprint density at radius 3 is 2.60 bits per heavy atom. The van der Waals surface area contributed by atoms with Gasteiger partial charge in [0.15, 0.2) is 0 Å². The van der Waals surface area contributed by atoms with Crippen LogP contribution in [0.15, 0.2) is 46.9 Å². The molecule has 104 valence electrons. The quantitative estimate of drug-likeness (QED) is 0.885. The van der Waals surface area contributed by atoms with E-state index in [0.717, 1.165) is 11.1 Å². The van der Waals surface area contributed by atoms with Crippen LogP contribution >= 0.6 is 15.9 Å². The van der Waals surface area contributed by atoms with E-state index in [-0.39, 0.29) is 11.9 Å². The summed E-state index contributed by atoms with van der Waals surface area (Å²) in [6.07, 6.45) is 0. The summed E-state index contributed by atoms with van der Waals surface area (Å²) < 4.78 is 13.8. The van der Waals surface area contributed by atoms with Crippen molar-refractivity contribution in [3.63, 3.8) is 0 Å². The molecule has 0 fully saturated rings. The van der Waals surface area contributed by atoms with Crippen molar-refractivity contribution in [1.29, 1.82) is 0 Å². The van der Waals surface area contributed by atoms with E-state index in [0.29, 0.717) is 10.0 Å². The molecule has 0 heterocycles. The van der Waals surface area contributed by atoms with Crippen LogP contribution in [0.5, 0.6) is 0 Å². The number of amides is 1. The Morgan fingerprint density at radius 2 is 1.95 bits per heavy atom. The summed E-state index contributed by atoms with van der Waals surface area (Å²) in [6.45, 7) is 3.91. The monoisotopic (exact) mass is 335 g/mol. The highest BCUT2D eigenvalue weighted by Gasteiger charge is 2.14. The van der Waals surface area contributed by atoms with E-state index < -0.39 is 5.82 Å². The molecule has 2 rings (SSSR count). The van der Waals surface area contributed by atoms with Crippen molar-refractivity contribution in [1.82, 2.24) is 5.32 Å². The number of halogens is 2. The lowest BCUT2D eigenvalue weighted by Crippen LogP contribution is -2.27. The van der Waals surface area contributed by atoms with Crippen LogP contribution in [-0.4, -0.2) is 5.91 Å². The van der Waals surface area contributed by atoms with Gasteiger partial charge in [0.1, 0.15) is 5.82 Å². The van der Waals surface area contributed by atoms with E-state index in [1.54, 1.807) is 6.07 Å². The molecule has 0 aliphatic heterocycles. The van der Waals surface area contributed by atoms with Gasteiger partial charge in [-0.25, -0.2) is 4.39 Å². The number of aryl methyl sites for hydroxylation is 1. The molecule has 2 aromatic carbocycles. The zero-order chi connectivity index (χ0) is 14.7. The maximum absolute atomic E-state index is 13.4. The maximum Gasteiger partial charge on any atom is 0.251 e. The zero-order valence-corrected chi connectivity index (χ0v) is 12.9. The van der Waals surface area contributed by atoms with Gasteiger partial charge in [0.05, 0.1) is 10.5 Å². The molecule has 20 heavy (non-hydrogen) atoms. The molecule has 0 aliphatic carbocycles. The number of hydrogen-bond acceptors (Lipinski definition) is 1. The number of hydrogen-bond donors (Lipinski definition) is 1. The van der Waals surface area contributed by atoms with Crippen LogP contribution in [0, 0.1) is 12.7 Å². The maximum atomic E-state index is 13.4. The van der Waals surface area contributed by atoms with Gasteiger partial charge >= 0.3 is 0 Å². The standard InChI is InChI=1S/C16H15BrFNO/c1-10-5-3-4-6-13(10)11(2)19-16(20)12-7-8-14(17)15(18)9-12/h3-9,11H,1-2H3,(H,19,20). The molecule has 0 saturated heterocycles. The number of rotatable bonds is 3. The highest BCUT2D eigenvalue weighted by atomic mass is 79.9. The third-order valence-electron chi connectivity index (χ3n) is 3.18. The molecule has 1 amide bonds. The molecule has 0 aliphatic rings. The molecular formula is C16H15BrFNO. The van der Waals surface area contributed by atoms with Crippen LogP contribution in [0.25, 0.3) is 0 Å². The lowest BCUT2D eigenvalue weighted by molar-refractivity contribution is 0.0939. The van der Waals surface area contributed by atoms with Crippen LogP contribution in [0.1, 0.15) is 34.5 Å². The van der Waals surface area contributed by atoms with Gasteiger partial charge in [-0.15, -0.1) is 0 Å². The highest BCUT2D eigenvalue weighted by molar-refractivity contribution is 9.10. The molecule has 1 unspecified atom stereocenters. The summed E-state index contributed by atoms with van der Waals surface area (Å²) in [5.41, 5.74) is 2.48. The fourth-order valence-corrected chi connectivity index (χ4v) is 2.31. The van der Waals surface area contributed by atoms with Crippen LogP contribution < -0.4 is 5.32 Å². The summed E-state index contributed by atoms with van der Waals surface area (Å²) in [4.78, 5) is 12.1. The zero-order valence-electron chi connectivity index (χ0n) is 11.3. The van der Waals surface area contributed by atoms with Gasteiger partial charge < -0.3 is 5.32 Å². The first-order valence-electron chi connectivity index (χ1n) is 6.30. The summed E-state index contributed by atoms with van der Waals surface area (Å²) in [5, 5.41) is 2.88. The van der Waals surface area contributed by atoms with Gasteiger partial charge in [-0.05, 0) is 59.1 Å². The van der Waals surface area contributed by atoms with E-state index in [4.69, 9.17) is 0 Å². The summed E-state index contributed by atoms with van der Waals surface area (Å²) in [6, 6.07) is 12.1. The minimum Gasteiger partial charge on any atom is -0.346 e. The predicted molar refractivity (Wildman–Crippen MR) is 81.2 cm³/mol. The Hall–Kier alpha value is -1.68. The number of nitrogens with one attached hydrogen (secondary N) is 1. The van der Waals surface area contributed by atoms with Gasteiger partial charge in [0.2, 0.25) is 0 Å². The molecule has 0 spiro atoms. The molecule has 0 aromatic heterocycles. The van der Waals surface area contributed by atoms with Crippen LogP contribution in [0.4, 0.5) is 4.39 Å². The first-order valence-corrected chi connectivity index (χ1v) is 7.10. The molecule has 4 heteroatoms. The third-order valence-corrected chi connectivity index (χ3v) is 3.83. The molecule has 1 N–H and O–H groups in total. The third kappa shape index (κ3) is 3.25. The van der Waals surface area contributed by atoms with Crippen LogP contribution in [0.3, 0.4) is 0 Å². The van der Waals surface area contributed by atoms with Crippen LogP contribution in [0.2, 0.25) is 0 Å². The topological polar surface area (TPSA) is 29.1 Å². The number of carbonyl (C=O) groups is 1. The minimum absolute atomic E-state index is 0.129. The largest absolute Gasteiger partial charge is 0.346 e. The normalized spacial score (nSPS) is 12.0. The lowest BCUT2D eigenvalue weighted by atomic mass is 10.0. The van der Waals surface area contributed by atoms with Crippen molar-refractivity contribution in [2.24, 2.45) is 0 Å². The van der Waals surface area contributed by atoms with E-state index in [9.17, 15) is 9.18 Å². The van der Waals surface area contributed by atoms with Crippen molar-refractivity contribution < 1.29 is 9.18 Å². The van der Waals surface area contributed by atoms with E-state index in [1.165, 1.54) is 12.1 Å². The summed E-state index contributed by atoms with van der Waals surface area (Å²) in [7, 11) is 0.